The number of piperidine rings is 1. The minimum absolute atomic E-state index is 0.0153. The van der Waals surface area contributed by atoms with E-state index in [-0.39, 0.29) is 18.9 Å². The van der Waals surface area contributed by atoms with Gasteiger partial charge in [0, 0.05) is 49.6 Å². The Morgan fingerprint density at radius 1 is 1.14 bits per heavy atom. The molecule has 4 heterocycles. The van der Waals surface area contributed by atoms with Crippen molar-refractivity contribution in [1.29, 1.82) is 0 Å². The maximum atomic E-state index is 13.6. The van der Waals surface area contributed by atoms with Gasteiger partial charge in [-0.2, -0.15) is 10.1 Å². The molecular formula is C25H32F2N6OS. The monoisotopic (exact) mass is 502 g/mol. The van der Waals surface area contributed by atoms with Crippen LogP contribution in [0.3, 0.4) is 0 Å². The van der Waals surface area contributed by atoms with Crippen LogP contribution in [0.15, 0.2) is 12.4 Å². The average molecular weight is 503 g/mol. The summed E-state index contributed by atoms with van der Waals surface area (Å²) < 4.78 is 35.6. The van der Waals surface area contributed by atoms with Gasteiger partial charge in [0.2, 0.25) is 11.8 Å². The summed E-state index contributed by atoms with van der Waals surface area (Å²) in [4.78, 5) is 14.3. The van der Waals surface area contributed by atoms with Crippen LogP contribution >= 0.6 is 11.3 Å². The first-order valence-corrected chi connectivity index (χ1v) is 13.7. The molecule has 0 atom stereocenters. The molecular weight excluding hydrogens is 470 g/mol. The molecule has 2 fully saturated rings. The van der Waals surface area contributed by atoms with Crippen LogP contribution in [-0.2, 0) is 19.4 Å². The number of hydrogen-bond acceptors (Lipinski definition) is 7. The number of rotatable bonds is 6. The summed E-state index contributed by atoms with van der Waals surface area (Å²) in [6.45, 7) is 3.85. The van der Waals surface area contributed by atoms with Crippen molar-refractivity contribution in [3.05, 3.63) is 22.8 Å². The summed E-state index contributed by atoms with van der Waals surface area (Å²) in [6, 6.07) is 0.383. The molecule has 188 valence electrons. The molecule has 0 amide bonds. The van der Waals surface area contributed by atoms with Crippen LogP contribution < -0.4 is 10.1 Å². The Morgan fingerprint density at radius 2 is 1.94 bits per heavy atom. The summed E-state index contributed by atoms with van der Waals surface area (Å²) >= 11 is 1.76. The first-order chi connectivity index (χ1) is 17.0. The number of hydrogen-bond donors (Lipinski definition) is 1. The third-order valence-electron chi connectivity index (χ3n) is 7.71. The fourth-order valence-corrected chi connectivity index (χ4v) is 6.99. The molecule has 3 aromatic heterocycles. The van der Waals surface area contributed by atoms with Gasteiger partial charge in [-0.3, -0.25) is 9.58 Å². The van der Waals surface area contributed by atoms with Gasteiger partial charge in [0.1, 0.15) is 10.9 Å². The van der Waals surface area contributed by atoms with E-state index in [1.165, 1.54) is 16.9 Å². The van der Waals surface area contributed by atoms with Crippen molar-refractivity contribution in [2.75, 3.05) is 18.4 Å². The summed E-state index contributed by atoms with van der Waals surface area (Å²) in [5, 5.41) is 8.71. The molecule has 0 spiro atoms. The number of halogens is 2. The van der Waals surface area contributed by atoms with E-state index >= 15 is 0 Å². The van der Waals surface area contributed by atoms with E-state index in [0.29, 0.717) is 31.0 Å². The molecule has 6 rings (SSSR count). The Hall–Kier alpha value is -2.33. The average Bonchev–Trinajstić information content (AvgIpc) is 3.56. The summed E-state index contributed by atoms with van der Waals surface area (Å²) in [5.41, 5.74) is 2.21. The van der Waals surface area contributed by atoms with Crippen LogP contribution in [0.25, 0.3) is 10.2 Å². The Labute approximate surface area is 207 Å². The lowest BCUT2D eigenvalue weighted by molar-refractivity contribution is -0.0679. The Kier molecular flexibility index (Phi) is 6.12. The van der Waals surface area contributed by atoms with Crippen molar-refractivity contribution >= 4 is 33.2 Å². The molecule has 3 aromatic rings. The third kappa shape index (κ3) is 4.74. The zero-order chi connectivity index (χ0) is 24.0. The van der Waals surface area contributed by atoms with Crippen LogP contribution in [0.4, 0.5) is 20.4 Å². The van der Waals surface area contributed by atoms with Gasteiger partial charge < -0.3 is 10.1 Å². The number of anilines is 2. The van der Waals surface area contributed by atoms with Crippen LogP contribution in [0, 0.1) is 0 Å². The second-order valence-electron chi connectivity index (χ2n) is 10.0. The van der Waals surface area contributed by atoms with E-state index in [4.69, 9.17) is 14.7 Å². The van der Waals surface area contributed by atoms with Gasteiger partial charge in [-0.1, -0.05) is 0 Å². The first-order valence-electron chi connectivity index (χ1n) is 12.9. The van der Waals surface area contributed by atoms with E-state index in [9.17, 15) is 8.78 Å². The number of likely N-dealkylation sites (tertiary alicyclic amines) is 1. The van der Waals surface area contributed by atoms with Crippen LogP contribution in [-0.4, -0.2) is 55.8 Å². The molecule has 3 aliphatic rings. The van der Waals surface area contributed by atoms with E-state index < -0.39 is 5.92 Å². The zero-order valence-electron chi connectivity index (χ0n) is 20.1. The lowest BCUT2D eigenvalue weighted by Crippen LogP contribution is -2.47. The van der Waals surface area contributed by atoms with Crippen molar-refractivity contribution in [2.45, 2.75) is 89.3 Å². The van der Waals surface area contributed by atoms with Crippen molar-refractivity contribution in [3.63, 3.8) is 0 Å². The molecule has 10 heteroatoms. The van der Waals surface area contributed by atoms with Gasteiger partial charge >= 0.3 is 0 Å². The van der Waals surface area contributed by atoms with E-state index in [1.54, 1.807) is 17.5 Å². The largest absolute Gasteiger partial charge is 0.474 e. The molecule has 1 saturated heterocycles. The molecule has 0 aromatic carbocycles. The standard InChI is InChI=1S/C25H32F2N6OS/c1-2-33-15-16(14-28-33)29-24-30-22(21-19-4-3-5-20(19)35-23(21)31-24)34-18-8-6-17(7-9-18)32-12-10-25(26,27)11-13-32/h14-15,17-18H,2-13H2,1H3,(H,29,30,31). The third-order valence-corrected chi connectivity index (χ3v) is 8.90. The zero-order valence-corrected chi connectivity index (χ0v) is 20.9. The predicted octanol–water partition coefficient (Wildman–Crippen LogP) is 5.56. The minimum atomic E-state index is -2.49. The van der Waals surface area contributed by atoms with Gasteiger partial charge in [-0.25, -0.2) is 13.8 Å². The molecule has 35 heavy (non-hydrogen) atoms. The van der Waals surface area contributed by atoms with Crippen LogP contribution in [0.1, 0.15) is 62.3 Å². The molecule has 2 aliphatic carbocycles. The second-order valence-corrected chi connectivity index (χ2v) is 11.1. The number of fused-ring (bicyclic) bond motifs is 3. The molecule has 0 unspecified atom stereocenters. The highest BCUT2D eigenvalue weighted by molar-refractivity contribution is 7.19. The smallest absolute Gasteiger partial charge is 0.250 e. The van der Waals surface area contributed by atoms with Gasteiger partial charge in [0.25, 0.3) is 5.92 Å². The lowest BCUT2D eigenvalue weighted by atomic mass is 9.90. The number of nitrogens with one attached hydrogen (secondary N) is 1. The van der Waals surface area contributed by atoms with E-state index in [0.717, 1.165) is 61.0 Å². The lowest BCUT2D eigenvalue weighted by Gasteiger charge is -2.40. The quantitative estimate of drug-likeness (QED) is 0.476. The predicted molar refractivity (Wildman–Crippen MR) is 133 cm³/mol. The van der Waals surface area contributed by atoms with E-state index in [1.807, 2.05) is 17.8 Å². The number of aromatic nitrogens is 4. The van der Waals surface area contributed by atoms with Crippen molar-refractivity contribution in [3.8, 4) is 5.88 Å². The fourth-order valence-electron chi connectivity index (χ4n) is 5.74. The highest BCUT2D eigenvalue weighted by Crippen LogP contribution is 2.42. The Morgan fingerprint density at radius 3 is 2.69 bits per heavy atom. The topological polar surface area (TPSA) is 68.1 Å². The Bertz CT molecular complexity index is 1190. The van der Waals surface area contributed by atoms with Crippen LogP contribution in [0.5, 0.6) is 5.88 Å². The number of alkyl halides is 2. The van der Waals surface area contributed by atoms with Gasteiger partial charge in [-0.05, 0) is 57.4 Å². The van der Waals surface area contributed by atoms with Crippen LogP contribution in [0.2, 0.25) is 0 Å². The Balaban J connectivity index is 1.19. The molecule has 0 bridgehead atoms. The molecule has 1 saturated carbocycles. The molecule has 1 aliphatic heterocycles. The summed E-state index contributed by atoms with van der Waals surface area (Å²) in [7, 11) is 0. The van der Waals surface area contributed by atoms with Crippen molar-refractivity contribution in [1.82, 2.24) is 24.6 Å². The number of aryl methyl sites for hydroxylation is 3. The summed E-state index contributed by atoms with van der Waals surface area (Å²) in [6.07, 6.45) is 10.9. The second kappa shape index (κ2) is 9.28. The maximum Gasteiger partial charge on any atom is 0.250 e. The normalized spacial score (nSPS) is 24.5. The van der Waals surface area contributed by atoms with Crippen molar-refractivity contribution < 1.29 is 13.5 Å². The summed E-state index contributed by atoms with van der Waals surface area (Å²) in [5.74, 6) is -1.27. The van der Waals surface area contributed by atoms with Gasteiger partial charge in [-0.15, -0.1) is 11.3 Å². The molecule has 1 N–H and O–H groups in total. The molecule has 7 nitrogen and oxygen atoms in total. The SMILES string of the molecule is CCn1cc(Nc2nc(OC3CCC(N4CCC(F)(F)CC4)CC3)c3c4c(sc3n2)CCC4)cn1. The fraction of sp³-hybridized carbons (Fsp3) is 0.640. The van der Waals surface area contributed by atoms with E-state index in [2.05, 4.69) is 15.3 Å². The number of thiophene rings is 1. The first kappa shape index (κ1) is 23.1. The molecule has 0 radical (unpaired) electrons. The maximum absolute atomic E-state index is 13.6. The van der Waals surface area contributed by atoms with Gasteiger partial charge in [0.15, 0.2) is 0 Å². The highest BCUT2D eigenvalue weighted by atomic mass is 32.1. The van der Waals surface area contributed by atoms with Gasteiger partial charge in [0.05, 0.1) is 17.3 Å². The number of nitrogens with zero attached hydrogens (tertiary/aromatic N) is 5. The minimum Gasteiger partial charge on any atom is -0.474 e. The number of ether oxygens (including phenoxy) is 1. The highest BCUT2D eigenvalue weighted by Gasteiger charge is 2.37. The van der Waals surface area contributed by atoms with Crippen molar-refractivity contribution in [2.24, 2.45) is 0 Å².